The van der Waals surface area contributed by atoms with Crippen molar-refractivity contribution < 1.29 is 0 Å². The van der Waals surface area contributed by atoms with Crippen LogP contribution in [0.2, 0.25) is 0 Å². The van der Waals surface area contributed by atoms with Gasteiger partial charge in [0.05, 0.1) is 0 Å². The molecule has 0 fully saturated rings. The van der Waals surface area contributed by atoms with Crippen LogP contribution in [0.5, 0.6) is 0 Å². The van der Waals surface area contributed by atoms with Crippen LogP contribution in [0, 0.1) is 0 Å². The first-order chi connectivity index (χ1) is 4.33. The van der Waals surface area contributed by atoms with E-state index in [4.69, 9.17) is 5.73 Å². The zero-order valence-electron chi connectivity index (χ0n) is 4.93. The van der Waals surface area contributed by atoms with Gasteiger partial charge in [0.2, 0.25) is 0 Å². The number of rotatable bonds is 2. The van der Waals surface area contributed by atoms with E-state index in [1.54, 1.807) is 11.3 Å². The van der Waals surface area contributed by atoms with Crippen molar-refractivity contribution in [2.75, 3.05) is 6.54 Å². The molecule has 0 radical (unpaired) electrons. The lowest BCUT2D eigenvalue weighted by atomic mass is 10.3. The monoisotopic (exact) mass is 205 g/mol. The van der Waals surface area contributed by atoms with E-state index in [1.165, 1.54) is 4.88 Å². The molecule has 3 heteroatoms. The fourth-order valence-electron chi connectivity index (χ4n) is 0.627. The largest absolute Gasteiger partial charge is 0.330 e. The Kier molecular flexibility index (Phi) is 2.69. The minimum absolute atomic E-state index is 0.743. The highest BCUT2D eigenvalue weighted by molar-refractivity contribution is 9.10. The van der Waals surface area contributed by atoms with Crippen LogP contribution in [-0.4, -0.2) is 6.54 Å². The number of thiophene rings is 1. The van der Waals surface area contributed by atoms with Crippen molar-refractivity contribution >= 4 is 27.3 Å². The van der Waals surface area contributed by atoms with Crippen LogP contribution in [0.3, 0.4) is 0 Å². The van der Waals surface area contributed by atoms with Crippen LogP contribution in [0.25, 0.3) is 0 Å². The first-order valence-electron chi connectivity index (χ1n) is 2.76. The Morgan fingerprint density at radius 2 is 2.44 bits per heavy atom. The van der Waals surface area contributed by atoms with Gasteiger partial charge in [-0.05, 0) is 35.0 Å². The topological polar surface area (TPSA) is 26.0 Å². The molecule has 1 aromatic heterocycles. The van der Waals surface area contributed by atoms with Crippen LogP contribution in [-0.2, 0) is 6.42 Å². The van der Waals surface area contributed by atoms with Gasteiger partial charge in [-0.2, -0.15) is 0 Å². The van der Waals surface area contributed by atoms with Gasteiger partial charge in [0.15, 0.2) is 0 Å². The first kappa shape index (κ1) is 7.25. The van der Waals surface area contributed by atoms with Crippen molar-refractivity contribution in [2.45, 2.75) is 6.42 Å². The van der Waals surface area contributed by atoms with E-state index in [2.05, 4.69) is 27.4 Å². The number of hydrogen-bond acceptors (Lipinski definition) is 2. The molecule has 0 spiro atoms. The second-order valence-corrected chi connectivity index (χ2v) is 3.68. The average molecular weight is 206 g/mol. The Labute approximate surface area is 67.0 Å². The fraction of sp³-hybridized carbons (Fsp3) is 0.333. The fourth-order valence-corrected chi connectivity index (χ4v) is 2.10. The van der Waals surface area contributed by atoms with Gasteiger partial charge in [-0.25, -0.2) is 0 Å². The summed E-state index contributed by atoms with van der Waals surface area (Å²) in [5, 5.41) is 2.07. The SMILES string of the molecule is NCCc1cc(Br)cs1. The molecule has 0 unspecified atom stereocenters. The summed E-state index contributed by atoms with van der Waals surface area (Å²) in [6.45, 7) is 0.743. The van der Waals surface area contributed by atoms with Crippen molar-refractivity contribution in [3.05, 3.63) is 20.8 Å². The highest BCUT2D eigenvalue weighted by Crippen LogP contribution is 2.19. The normalized spacial score (nSPS) is 10.0. The highest BCUT2D eigenvalue weighted by Gasteiger charge is 1.93. The molecule has 0 saturated heterocycles. The standard InChI is InChI=1S/C6H8BrNS/c7-5-3-6(1-2-8)9-4-5/h3-4H,1-2,8H2. The Hall–Kier alpha value is 0.140. The lowest BCUT2D eigenvalue weighted by Crippen LogP contribution is -2.00. The molecule has 0 aliphatic carbocycles. The molecule has 1 nitrogen and oxygen atoms in total. The van der Waals surface area contributed by atoms with Gasteiger partial charge < -0.3 is 5.73 Å². The van der Waals surface area contributed by atoms with Gasteiger partial charge in [-0.15, -0.1) is 11.3 Å². The van der Waals surface area contributed by atoms with E-state index in [1.807, 2.05) is 0 Å². The second kappa shape index (κ2) is 3.34. The third-order valence-corrected chi connectivity index (χ3v) is 2.77. The summed E-state index contributed by atoms with van der Waals surface area (Å²) in [5.74, 6) is 0. The van der Waals surface area contributed by atoms with E-state index in [0.717, 1.165) is 17.4 Å². The van der Waals surface area contributed by atoms with Crippen LogP contribution in [0.15, 0.2) is 15.9 Å². The summed E-state index contributed by atoms with van der Waals surface area (Å²) < 4.78 is 1.16. The molecule has 1 rings (SSSR count). The molecular weight excluding hydrogens is 198 g/mol. The third kappa shape index (κ3) is 2.08. The van der Waals surface area contributed by atoms with Crippen LogP contribution >= 0.6 is 27.3 Å². The molecule has 0 aromatic carbocycles. The Balaban J connectivity index is 2.61. The molecule has 0 atom stereocenters. The summed E-state index contributed by atoms with van der Waals surface area (Å²) in [6.07, 6.45) is 0.996. The summed E-state index contributed by atoms with van der Waals surface area (Å²) in [5.41, 5.74) is 5.36. The third-order valence-electron chi connectivity index (χ3n) is 1.01. The van der Waals surface area contributed by atoms with Gasteiger partial charge in [-0.3, -0.25) is 0 Å². The van der Waals surface area contributed by atoms with Crippen molar-refractivity contribution in [1.82, 2.24) is 0 Å². The smallest absolute Gasteiger partial charge is 0.0285 e. The van der Waals surface area contributed by atoms with Gasteiger partial charge in [0.25, 0.3) is 0 Å². The molecule has 2 N–H and O–H groups in total. The van der Waals surface area contributed by atoms with Crippen molar-refractivity contribution in [3.8, 4) is 0 Å². The van der Waals surface area contributed by atoms with E-state index < -0.39 is 0 Å². The van der Waals surface area contributed by atoms with Crippen LogP contribution < -0.4 is 5.73 Å². The Bertz CT molecular complexity index is 185. The first-order valence-corrected chi connectivity index (χ1v) is 4.43. The van der Waals surface area contributed by atoms with Gasteiger partial charge >= 0.3 is 0 Å². The van der Waals surface area contributed by atoms with E-state index in [9.17, 15) is 0 Å². The second-order valence-electron chi connectivity index (χ2n) is 1.77. The van der Waals surface area contributed by atoms with Crippen molar-refractivity contribution in [3.63, 3.8) is 0 Å². The molecule has 0 aliphatic rings. The van der Waals surface area contributed by atoms with Gasteiger partial charge in [0, 0.05) is 14.7 Å². The van der Waals surface area contributed by atoms with E-state index in [0.29, 0.717) is 0 Å². The van der Waals surface area contributed by atoms with Crippen molar-refractivity contribution in [1.29, 1.82) is 0 Å². The quantitative estimate of drug-likeness (QED) is 0.786. The zero-order chi connectivity index (χ0) is 6.69. The Morgan fingerprint density at radius 3 is 2.89 bits per heavy atom. The highest BCUT2D eigenvalue weighted by atomic mass is 79.9. The lowest BCUT2D eigenvalue weighted by molar-refractivity contribution is 0.988. The molecule has 0 bridgehead atoms. The molecule has 0 saturated carbocycles. The summed E-state index contributed by atoms with van der Waals surface area (Å²) in [6, 6.07) is 2.11. The minimum Gasteiger partial charge on any atom is -0.330 e. The summed E-state index contributed by atoms with van der Waals surface area (Å²) in [7, 11) is 0. The van der Waals surface area contributed by atoms with Gasteiger partial charge in [-0.1, -0.05) is 0 Å². The molecule has 9 heavy (non-hydrogen) atoms. The predicted octanol–water partition coefficient (Wildman–Crippen LogP) is 2.01. The van der Waals surface area contributed by atoms with Gasteiger partial charge in [0.1, 0.15) is 0 Å². The Morgan fingerprint density at radius 1 is 1.67 bits per heavy atom. The predicted molar refractivity (Wildman–Crippen MR) is 44.8 cm³/mol. The maximum atomic E-state index is 5.36. The molecule has 0 aliphatic heterocycles. The minimum atomic E-state index is 0.743. The number of nitrogens with two attached hydrogens (primary N) is 1. The maximum Gasteiger partial charge on any atom is 0.0285 e. The molecule has 0 amide bonds. The lowest BCUT2D eigenvalue weighted by Gasteiger charge is -1.86. The zero-order valence-corrected chi connectivity index (χ0v) is 7.33. The van der Waals surface area contributed by atoms with Crippen LogP contribution in [0.4, 0.5) is 0 Å². The number of hydrogen-bond donors (Lipinski definition) is 1. The van der Waals surface area contributed by atoms with E-state index in [-0.39, 0.29) is 0 Å². The molecule has 1 heterocycles. The maximum absolute atomic E-state index is 5.36. The number of halogens is 1. The summed E-state index contributed by atoms with van der Waals surface area (Å²) in [4.78, 5) is 1.35. The molecule has 1 aromatic rings. The van der Waals surface area contributed by atoms with Crippen LogP contribution in [0.1, 0.15) is 4.88 Å². The van der Waals surface area contributed by atoms with Crippen molar-refractivity contribution in [2.24, 2.45) is 5.73 Å². The molecular formula is C6H8BrNS. The van der Waals surface area contributed by atoms with E-state index >= 15 is 0 Å². The average Bonchev–Trinajstić information content (AvgIpc) is 2.17. The molecule has 50 valence electrons. The summed E-state index contributed by atoms with van der Waals surface area (Å²) >= 11 is 5.12.